The molecule has 1 N–H and O–H groups in total. The number of hydrogen-bond donors (Lipinski definition) is 1. The summed E-state index contributed by atoms with van der Waals surface area (Å²) in [5, 5.41) is 12.0. The third-order valence-electron chi connectivity index (χ3n) is 1.93. The van der Waals surface area contributed by atoms with Crippen molar-refractivity contribution in [2.24, 2.45) is 0 Å². The molecule has 1 amide bonds. The molecule has 0 aliphatic heterocycles. The number of halogens is 3. The first-order valence-electron chi connectivity index (χ1n) is 4.35. The predicted molar refractivity (Wildman–Crippen MR) is 52.5 cm³/mol. The molecule has 0 bridgehead atoms. The first kappa shape index (κ1) is 12.9. The number of non-ortho nitro benzene ring substituents is 1. The van der Waals surface area contributed by atoms with E-state index in [2.05, 4.69) is 0 Å². The van der Waals surface area contributed by atoms with Gasteiger partial charge in [0.05, 0.1) is 4.92 Å². The largest absolute Gasteiger partial charge is 0.471 e. The number of aryl methyl sites for hydroxylation is 1. The molecule has 0 saturated heterocycles. The summed E-state index contributed by atoms with van der Waals surface area (Å²) >= 11 is 0. The van der Waals surface area contributed by atoms with Gasteiger partial charge in [-0.15, -0.1) is 0 Å². The van der Waals surface area contributed by atoms with E-state index in [-0.39, 0.29) is 16.9 Å². The van der Waals surface area contributed by atoms with Gasteiger partial charge in [-0.3, -0.25) is 14.9 Å². The molecule has 0 atom stereocenters. The van der Waals surface area contributed by atoms with Gasteiger partial charge in [0.2, 0.25) is 0 Å². The average Bonchev–Trinajstić information content (AvgIpc) is 2.19. The van der Waals surface area contributed by atoms with E-state index < -0.39 is 17.0 Å². The fraction of sp³-hybridized carbons (Fsp3) is 0.222. The normalized spacial score (nSPS) is 11.1. The second-order valence-corrected chi connectivity index (χ2v) is 3.21. The van der Waals surface area contributed by atoms with Crippen LogP contribution in [0.5, 0.6) is 0 Å². The van der Waals surface area contributed by atoms with Gasteiger partial charge in [-0.1, -0.05) is 0 Å². The zero-order valence-electron chi connectivity index (χ0n) is 8.54. The van der Waals surface area contributed by atoms with Crippen LogP contribution in [0.25, 0.3) is 0 Å². The Balaban J connectivity index is 2.95. The Morgan fingerprint density at radius 1 is 1.41 bits per heavy atom. The van der Waals surface area contributed by atoms with Crippen LogP contribution in [-0.2, 0) is 4.79 Å². The van der Waals surface area contributed by atoms with Crippen LogP contribution in [0.4, 0.5) is 24.5 Å². The molecule has 5 nitrogen and oxygen atoms in total. The molecule has 17 heavy (non-hydrogen) atoms. The molecular formula is C9H7F3N2O3. The molecule has 0 saturated carbocycles. The zero-order chi connectivity index (χ0) is 13.2. The number of rotatable bonds is 2. The highest BCUT2D eigenvalue weighted by Crippen LogP contribution is 2.23. The number of carbonyl (C=O) groups is 1. The summed E-state index contributed by atoms with van der Waals surface area (Å²) in [4.78, 5) is 20.3. The predicted octanol–water partition coefficient (Wildman–Crippen LogP) is 2.40. The maximum atomic E-state index is 12.0. The fourth-order valence-corrected chi connectivity index (χ4v) is 1.09. The van der Waals surface area contributed by atoms with Gasteiger partial charge in [0.15, 0.2) is 0 Å². The molecule has 0 radical (unpaired) electrons. The van der Waals surface area contributed by atoms with Crippen LogP contribution >= 0.6 is 0 Å². The Kier molecular flexibility index (Phi) is 3.35. The van der Waals surface area contributed by atoms with Gasteiger partial charge in [-0.05, 0) is 18.6 Å². The molecule has 0 aliphatic rings. The van der Waals surface area contributed by atoms with Crippen LogP contribution in [0, 0.1) is 17.0 Å². The van der Waals surface area contributed by atoms with Gasteiger partial charge < -0.3 is 5.32 Å². The van der Waals surface area contributed by atoms with Crippen molar-refractivity contribution in [2.45, 2.75) is 13.1 Å². The fourth-order valence-electron chi connectivity index (χ4n) is 1.09. The van der Waals surface area contributed by atoms with Gasteiger partial charge in [0.25, 0.3) is 5.69 Å². The molecule has 1 rings (SSSR count). The summed E-state index contributed by atoms with van der Waals surface area (Å²) in [6, 6.07) is 3.14. The van der Waals surface area contributed by atoms with E-state index in [1.165, 1.54) is 6.92 Å². The summed E-state index contributed by atoms with van der Waals surface area (Å²) < 4.78 is 35.9. The second-order valence-electron chi connectivity index (χ2n) is 3.21. The lowest BCUT2D eigenvalue weighted by Gasteiger charge is -2.09. The van der Waals surface area contributed by atoms with E-state index in [9.17, 15) is 28.1 Å². The number of amides is 1. The third-order valence-corrected chi connectivity index (χ3v) is 1.93. The van der Waals surface area contributed by atoms with E-state index >= 15 is 0 Å². The number of carbonyl (C=O) groups excluding carboxylic acids is 1. The van der Waals surface area contributed by atoms with Crippen molar-refractivity contribution in [1.82, 2.24) is 0 Å². The van der Waals surface area contributed by atoms with Gasteiger partial charge in [0.1, 0.15) is 0 Å². The Hall–Kier alpha value is -2.12. The quantitative estimate of drug-likeness (QED) is 0.645. The van der Waals surface area contributed by atoms with Gasteiger partial charge in [-0.2, -0.15) is 13.2 Å². The second kappa shape index (κ2) is 4.40. The number of alkyl halides is 3. The van der Waals surface area contributed by atoms with Crippen molar-refractivity contribution in [1.29, 1.82) is 0 Å². The van der Waals surface area contributed by atoms with Crippen molar-refractivity contribution in [3.8, 4) is 0 Å². The Morgan fingerprint density at radius 3 is 2.41 bits per heavy atom. The maximum absolute atomic E-state index is 12.0. The Bertz CT molecular complexity index is 471. The van der Waals surface area contributed by atoms with Gasteiger partial charge in [0, 0.05) is 17.8 Å². The van der Waals surface area contributed by atoms with Crippen LogP contribution in [0.15, 0.2) is 18.2 Å². The number of anilines is 1. The van der Waals surface area contributed by atoms with Crippen molar-refractivity contribution in [2.75, 3.05) is 5.32 Å². The number of hydrogen-bond acceptors (Lipinski definition) is 3. The van der Waals surface area contributed by atoms with Crippen molar-refractivity contribution in [3.05, 3.63) is 33.9 Å². The first-order valence-corrected chi connectivity index (χ1v) is 4.35. The number of nitrogens with zero attached hydrogens (tertiary/aromatic N) is 1. The number of nitro groups is 1. The summed E-state index contributed by atoms with van der Waals surface area (Å²) in [6.07, 6.45) is -4.99. The first-order chi connectivity index (χ1) is 7.71. The smallest absolute Gasteiger partial charge is 0.318 e. The molecule has 1 aromatic rings. The van der Waals surface area contributed by atoms with E-state index in [0.29, 0.717) is 0 Å². The summed E-state index contributed by atoms with van der Waals surface area (Å²) in [5.74, 6) is -2.12. The minimum atomic E-state index is -4.99. The monoisotopic (exact) mass is 248 g/mol. The van der Waals surface area contributed by atoms with Crippen molar-refractivity contribution < 1.29 is 22.9 Å². The van der Waals surface area contributed by atoms with E-state index in [1.54, 1.807) is 5.32 Å². The molecule has 8 heteroatoms. The molecule has 92 valence electrons. The highest BCUT2D eigenvalue weighted by atomic mass is 19.4. The highest BCUT2D eigenvalue weighted by molar-refractivity contribution is 5.95. The zero-order valence-corrected chi connectivity index (χ0v) is 8.54. The highest BCUT2D eigenvalue weighted by Gasteiger charge is 2.38. The van der Waals surface area contributed by atoms with Crippen molar-refractivity contribution in [3.63, 3.8) is 0 Å². The molecule has 0 fully saturated rings. The molecular weight excluding hydrogens is 241 g/mol. The lowest BCUT2D eigenvalue weighted by Crippen LogP contribution is -2.30. The van der Waals surface area contributed by atoms with E-state index in [0.717, 1.165) is 18.2 Å². The van der Waals surface area contributed by atoms with Crippen LogP contribution in [0.1, 0.15) is 5.56 Å². The minimum absolute atomic E-state index is 0.113. The third kappa shape index (κ3) is 3.16. The van der Waals surface area contributed by atoms with Crippen LogP contribution in [0.2, 0.25) is 0 Å². The average molecular weight is 248 g/mol. The van der Waals surface area contributed by atoms with Crippen LogP contribution < -0.4 is 5.32 Å². The minimum Gasteiger partial charge on any atom is -0.318 e. The molecule has 0 spiro atoms. The summed E-state index contributed by atoms with van der Waals surface area (Å²) in [7, 11) is 0. The molecule has 0 unspecified atom stereocenters. The maximum Gasteiger partial charge on any atom is 0.471 e. The van der Waals surface area contributed by atoms with Crippen LogP contribution in [0.3, 0.4) is 0 Å². The van der Waals surface area contributed by atoms with Gasteiger partial charge in [-0.25, -0.2) is 0 Å². The Labute approximate surface area is 93.4 Å². The molecule has 1 aromatic carbocycles. The Morgan fingerprint density at radius 2 is 2.00 bits per heavy atom. The van der Waals surface area contributed by atoms with Crippen molar-refractivity contribution >= 4 is 17.3 Å². The molecule has 0 aliphatic carbocycles. The number of nitrogens with one attached hydrogen (secondary N) is 1. The molecule has 0 heterocycles. The summed E-state index contributed by atoms with van der Waals surface area (Å²) in [6.45, 7) is 1.36. The summed E-state index contributed by atoms with van der Waals surface area (Å²) in [5.41, 5.74) is -0.192. The lowest BCUT2D eigenvalue weighted by atomic mass is 10.2. The number of benzene rings is 1. The standard InChI is InChI=1S/C9H7F3N2O3/c1-5-4-6(14(16)17)2-3-7(5)13-8(15)9(10,11)12/h2-4H,1H3,(H,13,15). The van der Waals surface area contributed by atoms with E-state index in [1.807, 2.05) is 0 Å². The SMILES string of the molecule is Cc1cc([N+](=O)[O-])ccc1NC(=O)C(F)(F)F. The topological polar surface area (TPSA) is 72.2 Å². The number of nitro benzene ring substituents is 1. The lowest BCUT2D eigenvalue weighted by molar-refractivity contribution is -0.384. The van der Waals surface area contributed by atoms with E-state index in [4.69, 9.17) is 0 Å². The molecule has 0 aromatic heterocycles. The van der Waals surface area contributed by atoms with Crippen LogP contribution in [-0.4, -0.2) is 17.0 Å². The van der Waals surface area contributed by atoms with Gasteiger partial charge >= 0.3 is 12.1 Å².